The Labute approximate surface area is 318 Å². The van der Waals surface area contributed by atoms with Crippen LogP contribution < -0.4 is 16.4 Å². The normalized spacial score (nSPS) is 20.1. The van der Waals surface area contributed by atoms with Crippen LogP contribution in [0.3, 0.4) is 0 Å². The predicted molar refractivity (Wildman–Crippen MR) is 211 cm³/mol. The molecule has 2 amide bonds. The Bertz CT molecular complexity index is 1820. The number of hydrogen-bond acceptors (Lipinski definition) is 8. The number of amides is 2. The van der Waals surface area contributed by atoms with E-state index >= 15 is 0 Å². The van der Waals surface area contributed by atoms with Gasteiger partial charge in [-0.3, -0.25) is 14.5 Å². The summed E-state index contributed by atoms with van der Waals surface area (Å²) in [5.41, 5.74) is 13.0. The van der Waals surface area contributed by atoms with Crippen molar-refractivity contribution >= 4 is 23.2 Å². The van der Waals surface area contributed by atoms with Crippen molar-refractivity contribution in [1.29, 1.82) is 0 Å². The molecule has 2 aliphatic rings. The second-order valence-corrected chi connectivity index (χ2v) is 14.5. The summed E-state index contributed by atoms with van der Waals surface area (Å²) in [6.45, 7) is 2.27. The van der Waals surface area contributed by atoms with Gasteiger partial charge in [-0.25, -0.2) is 0 Å². The van der Waals surface area contributed by atoms with Crippen LogP contribution in [-0.2, 0) is 32.2 Å². The van der Waals surface area contributed by atoms with Crippen molar-refractivity contribution in [2.45, 2.75) is 95.5 Å². The third kappa shape index (κ3) is 11.0. The molecule has 0 aliphatic carbocycles. The maximum absolute atomic E-state index is 12.7. The number of rotatable bonds is 17. The molecule has 2 heterocycles. The molecule has 10 nitrogen and oxygen atoms in total. The number of aliphatic hydroxyl groups excluding tert-OH is 2. The number of unbranched alkanes of at least 4 members (excludes halogenated alkanes) is 3. The molecule has 6 N–H and O–H groups in total. The molecule has 2 saturated heterocycles. The number of likely N-dealkylation sites (tertiary alicyclic amines) is 1. The molecule has 54 heavy (non-hydrogen) atoms. The topological polar surface area (TPSA) is 146 Å². The average Bonchev–Trinajstić information content (AvgIpc) is 3.66. The van der Waals surface area contributed by atoms with Gasteiger partial charge in [0, 0.05) is 44.0 Å². The first-order valence-electron chi connectivity index (χ1n) is 19.3. The lowest BCUT2D eigenvalue weighted by molar-refractivity contribution is -0.253. The summed E-state index contributed by atoms with van der Waals surface area (Å²) in [6.07, 6.45) is 6.09. The van der Waals surface area contributed by atoms with Gasteiger partial charge in [-0.05, 0) is 84.3 Å². The van der Waals surface area contributed by atoms with E-state index in [0.29, 0.717) is 37.2 Å². The first kappa shape index (κ1) is 39.1. The van der Waals surface area contributed by atoms with E-state index in [1.165, 1.54) is 0 Å². The zero-order valence-electron chi connectivity index (χ0n) is 31.0. The number of para-hydroxylation sites is 2. The monoisotopic (exact) mass is 734 g/mol. The minimum atomic E-state index is -0.574. The Morgan fingerprint density at radius 3 is 2.28 bits per heavy atom. The van der Waals surface area contributed by atoms with Gasteiger partial charge in [-0.2, -0.15) is 0 Å². The van der Waals surface area contributed by atoms with Gasteiger partial charge in [-0.15, -0.1) is 0 Å². The maximum atomic E-state index is 12.7. The van der Waals surface area contributed by atoms with Crippen LogP contribution in [0.4, 0.5) is 11.4 Å². The highest BCUT2D eigenvalue weighted by Gasteiger charge is 2.35. The number of nitrogens with zero attached hydrogens (tertiary/aromatic N) is 1. The predicted octanol–water partition coefficient (Wildman–Crippen LogP) is 7.03. The van der Waals surface area contributed by atoms with Crippen LogP contribution in [0.25, 0.3) is 11.1 Å². The zero-order valence-corrected chi connectivity index (χ0v) is 31.0. The summed E-state index contributed by atoms with van der Waals surface area (Å²) in [6, 6.07) is 31.8. The molecule has 0 radical (unpaired) electrons. The van der Waals surface area contributed by atoms with Gasteiger partial charge in [0.1, 0.15) is 0 Å². The summed E-state index contributed by atoms with van der Waals surface area (Å²) >= 11 is 0. The van der Waals surface area contributed by atoms with Crippen molar-refractivity contribution < 1.29 is 29.3 Å². The number of ether oxygens (including phenoxy) is 2. The highest BCUT2D eigenvalue weighted by atomic mass is 16.7. The molecule has 10 heteroatoms. The molecule has 0 bridgehead atoms. The number of carbonyl (C=O) groups excluding carboxylic acids is 2. The molecule has 2 aliphatic heterocycles. The van der Waals surface area contributed by atoms with Crippen LogP contribution in [-0.4, -0.2) is 58.8 Å². The minimum absolute atomic E-state index is 0.00497. The van der Waals surface area contributed by atoms with E-state index in [0.717, 1.165) is 85.0 Å². The fourth-order valence-electron chi connectivity index (χ4n) is 7.40. The van der Waals surface area contributed by atoms with Crippen molar-refractivity contribution in [1.82, 2.24) is 10.2 Å². The third-order valence-corrected chi connectivity index (χ3v) is 10.5. The van der Waals surface area contributed by atoms with Crippen molar-refractivity contribution in [2.24, 2.45) is 0 Å². The van der Waals surface area contributed by atoms with Gasteiger partial charge in [0.05, 0.1) is 36.8 Å². The van der Waals surface area contributed by atoms with Crippen molar-refractivity contribution in [3.8, 4) is 11.1 Å². The summed E-state index contributed by atoms with van der Waals surface area (Å²) in [5.74, 6) is -0.0368. The summed E-state index contributed by atoms with van der Waals surface area (Å²) in [5, 5.41) is 25.4. The number of hydrogen-bond donors (Lipinski definition) is 5. The number of anilines is 2. The molecule has 4 atom stereocenters. The molecule has 2 fully saturated rings. The van der Waals surface area contributed by atoms with Gasteiger partial charge in [0.15, 0.2) is 6.29 Å². The Hall–Kier alpha value is -4.58. The molecule has 0 spiro atoms. The molecule has 4 aromatic carbocycles. The number of nitrogen functional groups attached to an aromatic ring is 1. The maximum Gasteiger partial charge on any atom is 0.224 e. The highest BCUT2D eigenvalue weighted by molar-refractivity contribution is 5.93. The van der Waals surface area contributed by atoms with Crippen LogP contribution in [0.1, 0.15) is 92.4 Å². The van der Waals surface area contributed by atoms with E-state index in [4.69, 9.17) is 15.2 Å². The lowest BCUT2D eigenvalue weighted by atomic mass is 9.98. The van der Waals surface area contributed by atoms with Crippen LogP contribution in [0.5, 0.6) is 0 Å². The van der Waals surface area contributed by atoms with Crippen molar-refractivity contribution in [3.63, 3.8) is 0 Å². The lowest BCUT2D eigenvalue weighted by Gasteiger charge is -2.38. The number of nitrogens with two attached hydrogens (primary N) is 1. The van der Waals surface area contributed by atoms with Crippen LogP contribution >= 0.6 is 0 Å². The molecule has 0 saturated carbocycles. The highest BCUT2D eigenvalue weighted by Crippen LogP contribution is 2.39. The second kappa shape index (κ2) is 19.7. The van der Waals surface area contributed by atoms with Crippen LogP contribution in [0.2, 0.25) is 0 Å². The van der Waals surface area contributed by atoms with Gasteiger partial charge in [0.2, 0.25) is 11.8 Å². The Morgan fingerprint density at radius 1 is 0.778 bits per heavy atom. The number of carbonyl (C=O) groups is 2. The molecule has 4 aromatic rings. The van der Waals surface area contributed by atoms with Crippen LogP contribution in [0, 0.1) is 0 Å². The molecule has 0 unspecified atom stereocenters. The molecule has 286 valence electrons. The fourth-order valence-corrected chi connectivity index (χ4v) is 7.40. The van der Waals surface area contributed by atoms with Crippen molar-refractivity contribution in [3.05, 3.63) is 119 Å². The fraction of sp³-hybridized carbons (Fsp3) is 0.409. The summed E-state index contributed by atoms with van der Waals surface area (Å²) < 4.78 is 13.3. The average molecular weight is 735 g/mol. The van der Waals surface area contributed by atoms with E-state index in [-0.39, 0.29) is 43.3 Å². The molecule has 0 aromatic heterocycles. The Balaban J connectivity index is 1.01. The van der Waals surface area contributed by atoms with E-state index in [1.807, 2.05) is 60.7 Å². The summed E-state index contributed by atoms with van der Waals surface area (Å²) in [7, 11) is 0. The number of benzene rings is 4. The smallest absolute Gasteiger partial charge is 0.224 e. The van der Waals surface area contributed by atoms with Crippen molar-refractivity contribution in [2.75, 3.05) is 30.7 Å². The van der Waals surface area contributed by atoms with Gasteiger partial charge >= 0.3 is 0 Å². The quantitative estimate of drug-likeness (QED) is 0.0575. The molecule has 6 rings (SSSR count). The van der Waals surface area contributed by atoms with E-state index in [2.05, 4.69) is 39.8 Å². The standard InChI is InChI=1S/C44H54N4O6/c45-39-15-5-6-16-40(39)47-43(52)18-4-2-1-3-17-42(51)46-27-32-10-7-11-34(24-32)35-12-8-13-36(25-35)44-53-38(28-48-23-9-14-37(48)30-50)26-41(54-44)33-21-19-31(29-49)20-22-33/h5-8,10-13,15-16,19-22,24-25,37-38,41,44,49-50H,1-4,9,14,17-18,23,26-30,45H2,(H,46,51)(H,47,52)/t37-,38+,41-,44-/m0/s1. The minimum Gasteiger partial charge on any atom is -0.397 e. The molecular formula is C44H54N4O6. The zero-order chi connectivity index (χ0) is 37.7. The Kier molecular flexibility index (Phi) is 14.2. The Morgan fingerprint density at radius 2 is 1.52 bits per heavy atom. The van der Waals surface area contributed by atoms with Gasteiger partial charge in [-0.1, -0.05) is 85.6 Å². The largest absolute Gasteiger partial charge is 0.397 e. The van der Waals surface area contributed by atoms with Crippen LogP contribution in [0.15, 0.2) is 97.1 Å². The summed E-state index contributed by atoms with van der Waals surface area (Å²) in [4.78, 5) is 27.2. The number of nitrogens with one attached hydrogen (secondary N) is 2. The van der Waals surface area contributed by atoms with E-state index in [1.54, 1.807) is 12.1 Å². The van der Waals surface area contributed by atoms with Gasteiger partial charge < -0.3 is 36.1 Å². The third-order valence-electron chi connectivity index (χ3n) is 10.5. The van der Waals surface area contributed by atoms with E-state index < -0.39 is 6.29 Å². The van der Waals surface area contributed by atoms with E-state index in [9.17, 15) is 19.8 Å². The SMILES string of the molecule is Nc1ccccc1NC(=O)CCCCCCC(=O)NCc1cccc(-c2cccc([C@H]3O[C@@H](CN4CCC[C@H]4CO)C[C@@H](c4ccc(CO)cc4)O3)c2)c1. The molecular weight excluding hydrogens is 681 g/mol. The lowest BCUT2D eigenvalue weighted by Crippen LogP contribution is -2.42. The first-order chi connectivity index (χ1) is 26.4. The second-order valence-electron chi connectivity index (χ2n) is 14.5. The number of aliphatic hydroxyl groups is 2. The van der Waals surface area contributed by atoms with Gasteiger partial charge in [0.25, 0.3) is 0 Å². The first-order valence-corrected chi connectivity index (χ1v) is 19.3.